The Bertz CT molecular complexity index is 203. The van der Waals surface area contributed by atoms with Crippen molar-refractivity contribution in [3.8, 4) is 0 Å². The van der Waals surface area contributed by atoms with Gasteiger partial charge in [-0.15, -0.1) is 6.58 Å². The number of rotatable bonds is 1. The van der Waals surface area contributed by atoms with E-state index in [0.29, 0.717) is 6.54 Å². The number of nitrogens with zero attached hydrogens (tertiary/aromatic N) is 1. The van der Waals surface area contributed by atoms with E-state index in [2.05, 4.69) is 6.58 Å². The Morgan fingerprint density at radius 3 is 2.75 bits per heavy atom. The summed E-state index contributed by atoms with van der Waals surface area (Å²) in [5.41, 5.74) is -0.343. The average molecular weight is 169 g/mol. The maximum atomic E-state index is 10.8. The number of hydrogen-bond acceptors (Lipinski definition) is 1. The van der Waals surface area contributed by atoms with Crippen LogP contribution < -0.4 is 0 Å². The molecule has 0 aromatic rings. The van der Waals surface area contributed by atoms with Crippen molar-refractivity contribution in [2.75, 3.05) is 6.54 Å². The van der Waals surface area contributed by atoms with Gasteiger partial charge in [0.15, 0.2) is 0 Å². The Hall–Kier alpha value is -0.990. The SMILES string of the molecule is C=CC1(C)CCCCN1C(=O)O. The largest absolute Gasteiger partial charge is 0.465 e. The Kier molecular flexibility index (Phi) is 2.40. The Morgan fingerprint density at radius 1 is 1.67 bits per heavy atom. The summed E-state index contributed by atoms with van der Waals surface area (Å²) in [5.74, 6) is 0. The summed E-state index contributed by atoms with van der Waals surface area (Å²) in [6.07, 6.45) is 3.85. The third-order valence-corrected chi connectivity index (χ3v) is 2.60. The number of hydrogen-bond donors (Lipinski definition) is 1. The van der Waals surface area contributed by atoms with Crippen LogP contribution in [0.15, 0.2) is 12.7 Å². The van der Waals surface area contributed by atoms with Crippen molar-refractivity contribution in [2.24, 2.45) is 0 Å². The van der Waals surface area contributed by atoms with Crippen LogP contribution in [0.4, 0.5) is 4.79 Å². The molecule has 1 aliphatic heterocycles. The van der Waals surface area contributed by atoms with Crippen molar-refractivity contribution >= 4 is 6.09 Å². The smallest absolute Gasteiger partial charge is 0.407 e. The van der Waals surface area contributed by atoms with Crippen molar-refractivity contribution in [2.45, 2.75) is 31.7 Å². The highest BCUT2D eigenvalue weighted by molar-refractivity contribution is 5.66. The lowest BCUT2D eigenvalue weighted by Crippen LogP contribution is -2.50. The normalized spacial score (nSPS) is 29.9. The van der Waals surface area contributed by atoms with Crippen molar-refractivity contribution in [3.63, 3.8) is 0 Å². The first-order chi connectivity index (χ1) is 5.60. The van der Waals surface area contributed by atoms with Crippen LogP contribution in [0.1, 0.15) is 26.2 Å². The number of carboxylic acid groups (broad SMARTS) is 1. The predicted octanol–water partition coefficient (Wildman–Crippen LogP) is 2.09. The molecule has 0 aromatic carbocycles. The molecule has 1 saturated heterocycles. The highest BCUT2D eigenvalue weighted by Crippen LogP contribution is 2.28. The first-order valence-electron chi connectivity index (χ1n) is 4.24. The molecule has 0 spiro atoms. The summed E-state index contributed by atoms with van der Waals surface area (Å²) >= 11 is 0. The van der Waals surface area contributed by atoms with E-state index in [4.69, 9.17) is 5.11 Å². The van der Waals surface area contributed by atoms with Gasteiger partial charge in [-0.2, -0.15) is 0 Å². The van der Waals surface area contributed by atoms with Gasteiger partial charge in [0.05, 0.1) is 5.54 Å². The van der Waals surface area contributed by atoms with Gasteiger partial charge < -0.3 is 5.11 Å². The molecular formula is C9H15NO2. The van der Waals surface area contributed by atoms with Crippen LogP contribution >= 0.6 is 0 Å². The van der Waals surface area contributed by atoms with Crippen LogP contribution in [0.2, 0.25) is 0 Å². The van der Waals surface area contributed by atoms with Gasteiger partial charge in [-0.25, -0.2) is 4.79 Å². The number of amides is 1. The summed E-state index contributed by atoms with van der Waals surface area (Å²) in [7, 11) is 0. The van der Waals surface area contributed by atoms with Crippen molar-refractivity contribution < 1.29 is 9.90 Å². The van der Waals surface area contributed by atoms with Gasteiger partial charge in [0.25, 0.3) is 0 Å². The first kappa shape index (κ1) is 9.10. The van der Waals surface area contributed by atoms with Crippen molar-refractivity contribution in [3.05, 3.63) is 12.7 Å². The van der Waals surface area contributed by atoms with E-state index in [0.717, 1.165) is 19.3 Å². The standard InChI is InChI=1S/C9H15NO2/c1-3-9(2)6-4-5-7-10(9)8(11)12/h3H,1,4-7H2,2H3,(H,11,12). The summed E-state index contributed by atoms with van der Waals surface area (Å²) in [6.45, 7) is 6.24. The molecule has 1 amide bonds. The highest BCUT2D eigenvalue weighted by Gasteiger charge is 2.34. The molecule has 0 radical (unpaired) electrons. The second-order valence-corrected chi connectivity index (χ2v) is 3.45. The second-order valence-electron chi connectivity index (χ2n) is 3.45. The number of likely N-dealkylation sites (tertiary alicyclic amines) is 1. The molecule has 1 atom stereocenters. The minimum absolute atomic E-state index is 0.343. The van der Waals surface area contributed by atoms with E-state index >= 15 is 0 Å². The van der Waals surface area contributed by atoms with Gasteiger partial charge in [0.1, 0.15) is 0 Å². The Morgan fingerprint density at radius 2 is 2.33 bits per heavy atom. The fraction of sp³-hybridized carbons (Fsp3) is 0.667. The molecule has 1 aliphatic rings. The van der Waals surface area contributed by atoms with Gasteiger partial charge in [0.2, 0.25) is 0 Å². The lowest BCUT2D eigenvalue weighted by molar-refractivity contribution is 0.0826. The van der Waals surface area contributed by atoms with Gasteiger partial charge in [-0.05, 0) is 26.2 Å². The predicted molar refractivity (Wildman–Crippen MR) is 47.2 cm³/mol. The third-order valence-electron chi connectivity index (χ3n) is 2.60. The first-order valence-corrected chi connectivity index (χ1v) is 4.24. The summed E-state index contributed by atoms with van der Waals surface area (Å²) in [6, 6.07) is 0. The maximum absolute atomic E-state index is 10.8. The van der Waals surface area contributed by atoms with Crippen LogP contribution in [0, 0.1) is 0 Å². The van der Waals surface area contributed by atoms with Crippen LogP contribution in [0.3, 0.4) is 0 Å². The second kappa shape index (κ2) is 3.17. The minimum Gasteiger partial charge on any atom is -0.465 e. The molecule has 0 bridgehead atoms. The van der Waals surface area contributed by atoms with E-state index < -0.39 is 6.09 Å². The maximum Gasteiger partial charge on any atom is 0.407 e. The van der Waals surface area contributed by atoms with Gasteiger partial charge in [-0.3, -0.25) is 4.90 Å². The van der Waals surface area contributed by atoms with E-state index in [1.165, 1.54) is 4.90 Å². The molecule has 1 rings (SSSR count). The van der Waals surface area contributed by atoms with E-state index in [9.17, 15) is 4.79 Å². The number of carbonyl (C=O) groups is 1. The van der Waals surface area contributed by atoms with Crippen molar-refractivity contribution in [1.82, 2.24) is 4.90 Å². The molecule has 12 heavy (non-hydrogen) atoms. The van der Waals surface area contributed by atoms with Crippen LogP contribution in [0.25, 0.3) is 0 Å². The summed E-state index contributed by atoms with van der Waals surface area (Å²) in [4.78, 5) is 12.3. The Labute approximate surface area is 72.7 Å². The van der Waals surface area contributed by atoms with Crippen LogP contribution in [0.5, 0.6) is 0 Å². The monoisotopic (exact) mass is 169 g/mol. The van der Waals surface area contributed by atoms with E-state index in [1.54, 1.807) is 6.08 Å². The fourth-order valence-electron chi connectivity index (χ4n) is 1.67. The van der Waals surface area contributed by atoms with Crippen LogP contribution in [-0.2, 0) is 0 Å². The third kappa shape index (κ3) is 1.44. The molecule has 68 valence electrons. The molecular weight excluding hydrogens is 154 g/mol. The molecule has 3 heteroatoms. The molecule has 0 saturated carbocycles. The average Bonchev–Trinajstić information content (AvgIpc) is 2.05. The molecule has 1 fully saturated rings. The number of piperidine rings is 1. The van der Waals surface area contributed by atoms with Crippen molar-refractivity contribution in [1.29, 1.82) is 0 Å². The van der Waals surface area contributed by atoms with Gasteiger partial charge in [0, 0.05) is 6.54 Å². The molecule has 0 aromatic heterocycles. The molecule has 1 unspecified atom stereocenters. The lowest BCUT2D eigenvalue weighted by Gasteiger charge is -2.40. The van der Waals surface area contributed by atoms with E-state index in [-0.39, 0.29) is 5.54 Å². The van der Waals surface area contributed by atoms with Crippen LogP contribution in [-0.4, -0.2) is 28.2 Å². The Balaban J connectivity index is 2.80. The van der Waals surface area contributed by atoms with Gasteiger partial charge in [-0.1, -0.05) is 6.08 Å². The van der Waals surface area contributed by atoms with Gasteiger partial charge >= 0.3 is 6.09 Å². The lowest BCUT2D eigenvalue weighted by atomic mass is 9.89. The molecule has 0 aliphatic carbocycles. The molecule has 1 heterocycles. The molecule has 1 N–H and O–H groups in total. The topological polar surface area (TPSA) is 40.5 Å². The zero-order chi connectivity index (χ0) is 9.19. The zero-order valence-electron chi connectivity index (χ0n) is 7.42. The zero-order valence-corrected chi connectivity index (χ0v) is 7.42. The fourth-order valence-corrected chi connectivity index (χ4v) is 1.67. The highest BCUT2D eigenvalue weighted by atomic mass is 16.4. The minimum atomic E-state index is -0.836. The quantitative estimate of drug-likeness (QED) is 0.610. The van der Waals surface area contributed by atoms with E-state index in [1.807, 2.05) is 6.92 Å². The summed E-state index contributed by atoms with van der Waals surface area (Å²) < 4.78 is 0. The molecule has 3 nitrogen and oxygen atoms in total. The summed E-state index contributed by atoms with van der Waals surface area (Å²) in [5, 5.41) is 8.88.